The first kappa shape index (κ1) is 32.7. The average Bonchev–Trinajstić information content (AvgIpc) is 3.46. The van der Waals surface area contributed by atoms with Crippen LogP contribution in [0.5, 0.6) is 11.5 Å². The number of guanidine groups is 1. The van der Waals surface area contributed by atoms with E-state index in [0.717, 1.165) is 0 Å². The van der Waals surface area contributed by atoms with Gasteiger partial charge >= 0.3 is 5.97 Å². The molecule has 3 rings (SSSR count). The van der Waals surface area contributed by atoms with Gasteiger partial charge in [-0.2, -0.15) is 0 Å². The lowest BCUT2D eigenvalue weighted by Crippen LogP contribution is -2.57. The monoisotopic (exact) mass is 597 g/mol. The second-order valence-corrected chi connectivity index (χ2v) is 10.4. The Morgan fingerprint density at radius 3 is 2.00 bits per heavy atom. The van der Waals surface area contributed by atoms with Gasteiger partial charge in [-0.15, -0.1) is 0 Å². The molecule has 0 bridgehead atoms. The highest BCUT2D eigenvalue weighted by Gasteiger charge is 2.38. The molecule has 43 heavy (non-hydrogen) atoms. The molecule has 14 heteroatoms. The van der Waals surface area contributed by atoms with Gasteiger partial charge in [-0.05, 0) is 67.5 Å². The first-order valence-corrected chi connectivity index (χ1v) is 14.0. The minimum atomic E-state index is -1.16. The summed E-state index contributed by atoms with van der Waals surface area (Å²) >= 11 is 0. The van der Waals surface area contributed by atoms with E-state index in [1.807, 2.05) is 0 Å². The highest BCUT2D eigenvalue weighted by molar-refractivity contribution is 5.94. The van der Waals surface area contributed by atoms with Crippen LogP contribution < -0.4 is 27.8 Å². The first-order chi connectivity index (χ1) is 20.4. The van der Waals surface area contributed by atoms with Gasteiger partial charge in [0.25, 0.3) is 0 Å². The second-order valence-electron chi connectivity index (χ2n) is 10.4. The third-order valence-electron chi connectivity index (χ3n) is 7.12. The van der Waals surface area contributed by atoms with Gasteiger partial charge in [0.15, 0.2) is 5.96 Å². The Morgan fingerprint density at radius 2 is 1.44 bits per heavy atom. The second kappa shape index (κ2) is 15.4. The number of carboxylic acid groups (broad SMARTS) is 1. The molecule has 2 aromatic rings. The number of phenolic OH excluding ortho intramolecular Hbond substituents is 2. The van der Waals surface area contributed by atoms with E-state index in [-0.39, 0.29) is 49.8 Å². The third kappa shape index (κ3) is 9.88. The zero-order valence-corrected chi connectivity index (χ0v) is 23.7. The summed E-state index contributed by atoms with van der Waals surface area (Å²) in [7, 11) is 0. The molecular weight excluding hydrogens is 558 g/mol. The Kier molecular flexibility index (Phi) is 11.7. The highest BCUT2D eigenvalue weighted by atomic mass is 16.4. The number of nitrogens with two attached hydrogens (primary N) is 3. The van der Waals surface area contributed by atoms with Crippen LogP contribution in [0.3, 0.4) is 0 Å². The van der Waals surface area contributed by atoms with Gasteiger partial charge in [0, 0.05) is 19.5 Å². The summed E-state index contributed by atoms with van der Waals surface area (Å²) in [6.45, 7) is 0.417. The Morgan fingerprint density at radius 1 is 0.884 bits per heavy atom. The van der Waals surface area contributed by atoms with E-state index in [1.165, 1.54) is 29.2 Å². The summed E-state index contributed by atoms with van der Waals surface area (Å²) in [6.07, 6.45) is 1.39. The predicted octanol–water partition coefficient (Wildman–Crippen LogP) is -0.691. The van der Waals surface area contributed by atoms with E-state index in [2.05, 4.69) is 15.6 Å². The zero-order valence-electron chi connectivity index (χ0n) is 23.7. The summed E-state index contributed by atoms with van der Waals surface area (Å²) in [6, 6.07) is 7.98. The molecular formula is C29H39N7O7. The van der Waals surface area contributed by atoms with Crippen molar-refractivity contribution in [1.29, 1.82) is 0 Å². The zero-order chi connectivity index (χ0) is 31.5. The van der Waals surface area contributed by atoms with Gasteiger partial charge in [0.05, 0.1) is 6.04 Å². The van der Waals surface area contributed by atoms with Crippen LogP contribution >= 0.6 is 0 Å². The molecule has 1 aliphatic rings. The molecule has 0 radical (unpaired) electrons. The van der Waals surface area contributed by atoms with Crippen LogP contribution in [-0.4, -0.2) is 87.1 Å². The lowest BCUT2D eigenvalue weighted by molar-refractivity contribution is -0.149. The van der Waals surface area contributed by atoms with Crippen LogP contribution in [0.4, 0.5) is 0 Å². The van der Waals surface area contributed by atoms with Crippen LogP contribution in [0, 0.1) is 0 Å². The van der Waals surface area contributed by atoms with Crippen LogP contribution in [0.15, 0.2) is 53.5 Å². The molecule has 1 fully saturated rings. The maximum atomic E-state index is 13.7. The Balaban J connectivity index is 1.80. The molecule has 14 nitrogen and oxygen atoms in total. The molecule has 0 aromatic heterocycles. The van der Waals surface area contributed by atoms with E-state index < -0.39 is 47.9 Å². The van der Waals surface area contributed by atoms with Crippen molar-refractivity contribution in [2.45, 2.75) is 62.7 Å². The highest BCUT2D eigenvalue weighted by Crippen LogP contribution is 2.20. The molecule has 0 saturated carbocycles. The van der Waals surface area contributed by atoms with Crippen LogP contribution in [-0.2, 0) is 32.0 Å². The van der Waals surface area contributed by atoms with Crippen molar-refractivity contribution in [3.63, 3.8) is 0 Å². The molecule has 0 spiro atoms. The summed E-state index contributed by atoms with van der Waals surface area (Å²) in [5.74, 6) is -3.01. The maximum absolute atomic E-state index is 13.7. The molecule has 2 aromatic carbocycles. The van der Waals surface area contributed by atoms with Gasteiger partial charge in [-0.1, -0.05) is 24.3 Å². The normalized spacial score (nSPS) is 16.5. The van der Waals surface area contributed by atoms with Gasteiger partial charge in [-0.3, -0.25) is 19.4 Å². The smallest absolute Gasteiger partial charge is 0.326 e. The van der Waals surface area contributed by atoms with Gasteiger partial charge in [0.2, 0.25) is 17.7 Å². The number of phenols is 2. The van der Waals surface area contributed by atoms with E-state index >= 15 is 0 Å². The van der Waals surface area contributed by atoms with Crippen LogP contribution in [0.2, 0.25) is 0 Å². The lowest BCUT2D eigenvalue weighted by Gasteiger charge is -2.29. The number of nitrogens with zero attached hydrogens (tertiary/aromatic N) is 2. The Hall–Kier alpha value is -4.85. The van der Waals surface area contributed by atoms with E-state index in [0.29, 0.717) is 30.4 Å². The van der Waals surface area contributed by atoms with Gasteiger partial charge < -0.3 is 48.1 Å². The van der Waals surface area contributed by atoms with Crippen LogP contribution in [0.1, 0.15) is 36.8 Å². The number of likely N-dealkylation sites (tertiary alicyclic amines) is 1. The Bertz CT molecular complexity index is 1300. The van der Waals surface area contributed by atoms with E-state index in [1.54, 1.807) is 24.3 Å². The SMILES string of the molecule is NC(N)=NCCCC(NC(=O)C(Cc1ccc(O)cc1)NC(=O)C(N)Cc1ccc(O)cc1)C(=O)N1CCCC1C(=O)O. The molecule has 4 unspecified atom stereocenters. The molecule has 4 atom stereocenters. The fourth-order valence-corrected chi connectivity index (χ4v) is 4.86. The number of amides is 3. The summed E-state index contributed by atoms with van der Waals surface area (Å²) in [5.41, 5.74) is 18.2. The van der Waals surface area contributed by atoms with E-state index in [4.69, 9.17) is 17.2 Å². The van der Waals surface area contributed by atoms with Crippen molar-refractivity contribution in [3.05, 3.63) is 59.7 Å². The topological polar surface area (TPSA) is 247 Å². The van der Waals surface area contributed by atoms with Crippen LogP contribution in [0.25, 0.3) is 0 Å². The largest absolute Gasteiger partial charge is 0.508 e. The molecule has 232 valence electrons. The minimum absolute atomic E-state index is 0.0140. The van der Waals surface area contributed by atoms with Crippen molar-refractivity contribution in [3.8, 4) is 11.5 Å². The maximum Gasteiger partial charge on any atom is 0.326 e. The molecule has 1 saturated heterocycles. The predicted molar refractivity (Wildman–Crippen MR) is 158 cm³/mol. The standard InChI is InChI=1S/C29H39N7O7/c30-21(15-17-5-9-19(37)10-6-17)25(39)35-23(16-18-7-11-20(38)12-8-18)26(40)34-22(3-1-13-33-29(31)32)27(41)36-14-2-4-24(36)28(42)43/h5-12,21-24,37-38H,1-4,13-16,30H2,(H,34,40)(H,35,39)(H,42,43)(H4,31,32,33). The summed E-state index contributed by atoms with van der Waals surface area (Å²) < 4.78 is 0. The number of aliphatic imine (C=N–C) groups is 1. The number of aliphatic carboxylic acids is 1. The number of benzene rings is 2. The summed E-state index contributed by atoms with van der Waals surface area (Å²) in [5, 5.41) is 34.2. The van der Waals surface area contributed by atoms with Crippen molar-refractivity contribution >= 4 is 29.7 Å². The molecule has 1 aliphatic heterocycles. The summed E-state index contributed by atoms with van der Waals surface area (Å²) in [4.78, 5) is 57.2. The van der Waals surface area contributed by atoms with Gasteiger partial charge in [-0.25, -0.2) is 4.79 Å². The van der Waals surface area contributed by atoms with Crippen molar-refractivity contribution in [1.82, 2.24) is 15.5 Å². The fraction of sp³-hybridized carbons (Fsp3) is 0.414. The number of carboxylic acids is 1. The fourth-order valence-electron chi connectivity index (χ4n) is 4.86. The third-order valence-corrected chi connectivity index (χ3v) is 7.12. The lowest BCUT2D eigenvalue weighted by atomic mass is 10.0. The number of hydrogen-bond acceptors (Lipinski definition) is 8. The number of hydrogen-bond donors (Lipinski definition) is 8. The van der Waals surface area contributed by atoms with Crippen molar-refractivity contribution < 1.29 is 34.5 Å². The number of aromatic hydroxyl groups is 2. The number of nitrogens with one attached hydrogen (secondary N) is 2. The van der Waals surface area contributed by atoms with Crippen molar-refractivity contribution in [2.75, 3.05) is 13.1 Å². The number of carbonyl (C=O) groups is 4. The van der Waals surface area contributed by atoms with Gasteiger partial charge in [0.1, 0.15) is 29.6 Å². The minimum Gasteiger partial charge on any atom is -0.508 e. The Labute approximate surface area is 248 Å². The molecule has 0 aliphatic carbocycles. The first-order valence-electron chi connectivity index (χ1n) is 14.0. The van der Waals surface area contributed by atoms with E-state index in [9.17, 15) is 34.5 Å². The molecule has 11 N–H and O–H groups in total. The van der Waals surface area contributed by atoms with Crippen molar-refractivity contribution in [2.24, 2.45) is 22.2 Å². The number of rotatable bonds is 14. The number of carbonyl (C=O) groups excluding carboxylic acids is 3. The average molecular weight is 598 g/mol. The quantitative estimate of drug-likeness (QED) is 0.0773. The molecule has 1 heterocycles. The molecule has 3 amide bonds.